The molecule has 3 aromatic rings. The van der Waals surface area contributed by atoms with Gasteiger partial charge in [0, 0.05) is 22.4 Å². The monoisotopic (exact) mass is 471 g/mol. The van der Waals surface area contributed by atoms with E-state index in [1.807, 2.05) is 49.4 Å². The fourth-order valence-corrected chi connectivity index (χ4v) is 5.46. The fourth-order valence-electron chi connectivity index (χ4n) is 3.34. The molecule has 5 nitrogen and oxygen atoms in total. The number of hydrogen-bond donors (Lipinski definition) is 1. The summed E-state index contributed by atoms with van der Waals surface area (Å²) in [4.78, 5) is 31.2. The zero-order valence-electron chi connectivity index (χ0n) is 17.2. The summed E-state index contributed by atoms with van der Waals surface area (Å²) in [7, 11) is 0. The van der Waals surface area contributed by atoms with Gasteiger partial charge in [0.15, 0.2) is 5.16 Å². The van der Waals surface area contributed by atoms with E-state index in [9.17, 15) is 9.59 Å². The third-order valence-electron chi connectivity index (χ3n) is 4.93. The summed E-state index contributed by atoms with van der Waals surface area (Å²) < 4.78 is 1.68. The van der Waals surface area contributed by atoms with Crippen LogP contribution in [-0.2, 0) is 17.8 Å². The van der Waals surface area contributed by atoms with Crippen molar-refractivity contribution in [2.75, 3.05) is 11.1 Å². The Morgan fingerprint density at radius 3 is 2.81 bits per heavy atom. The molecule has 1 amide bonds. The molecule has 0 fully saturated rings. The van der Waals surface area contributed by atoms with Gasteiger partial charge in [0.05, 0.1) is 22.9 Å². The summed E-state index contributed by atoms with van der Waals surface area (Å²) in [5, 5.41) is 4.36. The number of anilines is 1. The lowest BCUT2D eigenvalue weighted by atomic mass is 10.2. The Morgan fingerprint density at radius 2 is 2.06 bits per heavy atom. The quantitative estimate of drug-likeness (QED) is 0.404. The summed E-state index contributed by atoms with van der Waals surface area (Å²) in [5.41, 5.74) is 3.42. The molecule has 160 valence electrons. The van der Waals surface area contributed by atoms with Crippen molar-refractivity contribution in [1.82, 2.24) is 9.55 Å². The second-order valence-electron chi connectivity index (χ2n) is 7.48. The Balaban J connectivity index is 1.56. The van der Waals surface area contributed by atoms with Gasteiger partial charge in [-0.1, -0.05) is 66.7 Å². The minimum Gasteiger partial charge on any atom is -0.325 e. The first-order chi connectivity index (χ1) is 14.9. The highest BCUT2D eigenvalue weighted by atomic mass is 35.5. The number of carbonyl (C=O) groups is 1. The van der Waals surface area contributed by atoms with Gasteiger partial charge in [-0.15, -0.1) is 11.8 Å². The van der Waals surface area contributed by atoms with E-state index < -0.39 is 0 Å². The number of amides is 1. The zero-order valence-corrected chi connectivity index (χ0v) is 19.6. The number of aromatic nitrogens is 2. The lowest BCUT2D eigenvalue weighted by Gasteiger charge is -2.14. The van der Waals surface area contributed by atoms with Crippen LogP contribution >= 0.6 is 35.1 Å². The van der Waals surface area contributed by atoms with Crippen molar-refractivity contribution in [1.29, 1.82) is 0 Å². The van der Waals surface area contributed by atoms with E-state index in [0.29, 0.717) is 27.7 Å². The van der Waals surface area contributed by atoms with Crippen molar-refractivity contribution in [3.8, 4) is 0 Å². The first-order valence-corrected chi connectivity index (χ1v) is 12.2. The SMILES string of the molecule is Cc1ccc(NC(=O)CSc2nc3c(c(=O)n2Cc2ccccc2)S[C@H](C)C3)cc1Cl. The van der Waals surface area contributed by atoms with Crippen molar-refractivity contribution in [2.45, 2.75) is 42.1 Å². The van der Waals surface area contributed by atoms with Crippen molar-refractivity contribution >= 4 is 46.7 Å². The van der Waals surface area contributed by atoms with E-state index >= 15 is 0 Å². The number of halogens is 1. The van der Waals surface area contributed by atoms with Crippen LogP contribution in [0.2, 0.25) is 5.02 Å². The predicted molar refractivity (Wildman–Crippen MR) is 129 cm³/mol. The van der Waals surface area contributed by atoms with Crippen LogP contribution in [0.15, 0.2) is 63.4 Å². The number of nitrogens with one attached hydrogen (secondary N) is 1. The van der Waals surface area contributed by atoms with Crippen LogP contribution in [0.25, 0.3) is 0 Å². The molecular formula is C23H22ClN3O2S2. The molecule has 0 spiro atoms. The molecule has 1 N–H and O–H groups in total. The Labute approximate surface area is 194 Å². The maximum absolute atomic E-state index is 13.2. The van der Waals surface area contributed by atoms with Crippen molar-refractivity contribution in [3.63, 3.8) is 0 Å². The van der Waals surface area contributed by atoms with Gasteiger partial charge in [0.25, 0.3) is 5.56 Å². The number of rotatable bonds is 6. The summed E-state index contributed by atoms with van der Waals surface area (Å²) in [5.74, 6) is -0.0255. The third kappa shape index (κ3) is 5.17. The number of carbonyl (C=O) groups excluding carboxylic acids is 1. The van der Waals surface area contributed by atoms with E-state index in [4.69, 9.17) is 16.6 Å². The van der Waals surface area contributed by atoms with Gasteiger partial charge in [-0.2, -0.15) is 0 Å². The van der Waals surface area contributed by atoms with E-state index in [0.717, 1.165) is 28.1 Å². The van der Waals surface area contributed by atoms with Crippen molar-refractivity contribution < 1.29 is 4.79 Å². The van der Waals surface area contributed by atoms with E-state index in [1.165, 1.54) is 11.8 Å². The molecule has 0 aliphatic carbocycles. The van der Waals surface area contributed by atoms with E-state index in [-0.39, 0.29) is 17.2 Å². The predicted octanol–water partition coefficient (Wildman–Crippen LogP) is 5.02. The standard InChI is InChI=1S/C23H22ClN3O2S2/c1-14-8-9-17(11-18(14)24)25-20(28)13-30-23-26-19-10-15(2)31-21(19)22(29)27(23)12-16-6-4-3-5-7-16/h3-9,11,15H,10,12-13H2,1-2H3,(H,25,28)/t15-/m1/s1. The van der Waals surface area contributed by atoms with Crippen LogP contribution < -0.4 is 10.9 Å². The first kappa shape index (κ1) is 22.0. The maximum atomic E-state index is 13.2. The molecule has 1 aliphatic heterocycles. The van der Waals surface area contributed by atoms with Gasteiger partial charge >= 0.3 is 0 Å². The normalized spacial score (nSPS) is 15.0. The first-order valence-electron chi connectivity index (χ1n) is 9.94. The molecule has 2 aromatic carbocycles. The molecule has 1 aromatic heterocycles. The smallest absolute Gasteiger partial charge is 0.268 e. The highest BCUT2D eigenvalue weighted by molar-refractivity contribution is 8.00. The highest BCUT2D eigenvalue weighted by Gasteiger charge is 2.26. The molecule has 0 unspecified atom stereocenters. The Bertz CT molecular complexity index is 1180. The van der Waals surface area contributed by atoms with E-state index in [1.54, 1.807) is 22.4 Å². The average Bonchev–Trinajstić information content (AvgIpc) is 3.13. The van der Waals surface area contributed by atoms with Gasteiger partial charge in [-0.05, 0) is 30.2 Å². The summed E-state index contributed by atoms with van der Waals surface area (Å²) in [6.45, 7) is 4.43. The van der Waals surface area contributed by atoms with Crippen molar-refractivity contribution in [3.05, 3.63) is 80.7 Å². The van der Waals surface area contributed by atoms with Crippen LogP contribution in [0, 0.1) is 6.92 Å². The molecule has 1 atom stereocenters. The Hall–Kier alpha value is -2.22. The van der Waals surface area contributed by atoms with Crippen LogP contribution in [0.5, 0.6) is 0 Å². The van der Waals surface area contributed by atoms with Gasteiger partial charge < -0.3 is 5.32 Å². The van der Waals surface area contributed by atoms with Gasteiger partial charge in [0.2, 0.25) is 5.91 Å². The zero-order chi connectivity index (χ0) is 22.0. The van der Waals surface area contributed by atoms with E-state index in [2.05, 4.69) is 12.2 Å². The van der Waals surface area contributed by atoms with Crippen LogP contribution in [0.4, 0.5) is 5.69 Å². The lowest BCUT2D eigenvalue weighted by molar-refractivity contribution is -0.113. The Kier molecular flexibility index (Phi) is 6.74. The van der Waals surface area contributed by atoms with Crippen LogP contribution in [0.3, 0.4) is 0 Å². The molecule has 8 heteroatoms. The van der Waals surface area contributed by atoms with Crippen LogP contribution in [0.1, 0.15) is 23.7 Å². The number of aryl methyl sites for hydroxylation is 1. The fraction of sp³-hybridized carbons (Fsp3) is 0.261. The second kappa shape index (κ2) is 9.51. The van der Waals surface area contributed by atoms with Crippen LogP contribution in [-0.4, -0.2) is 26.5 Å². The number of nitrogens with zero attached hydrogens (tertiary/aromatic N) is 2. The molecule has 0 radical (unpaired) electrons. The maximum Gasteiger partial charge on any atom is 0.268 e. The molecule has 31 heavy (non-hydrogen) atoms. The second-order valence-corrected chi connectivity index (χ2v) is 10.3. The van der Waals surface area contributed by atoms with Gasteiger partial charge in [0.1, 0.15) is 0 Å². The largest absolute Gasteiger partial charge is 0.325 e. The minimum absolute atomic E-state index is 0.0311. The number of hydrogen-bond acceptors (Lipinski definition) is 5. The number of benzene rings is 2. The number of fused-ring (bicyclic) bond motifs is 1. The average molecular weight is 472 g/mol. The molecule has 0 saturated heterocycles. The Morgan fingerprint density at radius 1 is 1.29 bits per heavy atom. The molecular weight excluding hydrogens is 450 g/mol. The molecule has 4 rings (SSSR count). The molecule has 1 aliphatic rings. The lowest BCUT2D eigenvalue weighted by Crippen LogP contribution is -2.26. The molecule has 0 saturated carbocycles. The topological polar surface area (TPSA) is 64.0 Å². The number of thioether (sulfide) groups is 2. The summed E-state index contributed by atoms with van der Waals surface area (Å²) in [6.07, 6.45) is 0.767. The van der Waals surface area contributed by atoms with Gasteiger partial charge in [-0.3, -0.25) is 14.2 Å². The summed E-state index contributed by atoms with van der Waals surface area (Å²) in [6, 6.07) is 15.2. The summed E-state index contributed by atoms with van der Waals surface area (Å²) >= 11 is 9.01. The molecule has 0 bridgehead atoms. The van der Waals surface area contributed by atoms with Gasteiger partial charge in [-0.25, -0.2) is 4.98 Å². The highest BCUT2D eigenvalue weighted by Crippen LogP contribution is 2.34. The molecule has 2 heterocycles. The third-order valence-corrected chi connectivity index (χ3v) is 7.53. The minimum atomic E-state index is -0.173. The van der Waals surface area contributed by atoms with Crippen molar-refractivity contribution in [2.24, 2.45) is 0 Å².